The molecule has 0 saturated heterocycles. The summed E-state index contributed by atoms with van der Waals surface area (Å²) in [5, 5.41) is 0. The first-order valence-electron chi connectivity index (χ1n) is 5.22. The second-order valence-electron chi connectivity index (χ2n) is 3.57. The highest BCUT2D eigenvalue weighted by Crippen LogP contribution is 2.05. The summed E-state index contributed by atoms with van der Waals surface area (Å²) in [5.74, 6) is 5.23. The number of nitrogen functional groups attached to an aromatic ring is 1. The van der Waals surface area contributed by atoms with Crippen molar-refractivity contribution in [3.63, 3.8) is 0 Å². The molecule has 2 nitrogen and oxygen atoms in total. The molecule has 2 N–H and O–H groups in total. The molecule has 0 saturated carbocycles. The van der Waals surface area contributed by atoms with Crippen LogP contribution >= 0.6 is 0 Å². The maximum absolute atomic E-state index is 11.7. The third kappa shape index (κ3) is 2.96. The van der Waals surface area contributed by atoms with Crippen LogP contribution in [-0.4, -0.2) is 5.78 Å². The number of hydrogen-bond acceptors (Lipinski definition) is 2. The van der Waals surface area contributed by atoms with Gasteiger partial charge in [-0.05, 0) is 42.3 Å². The number of hydrogen-bond donors (Lipinski definition) is 1. The lowest BCUT2D eigenvalue weighted by molar-refractivity contribution is 0.105. The molecule has 2 aromatic carbocycles. The number of ketones is 1. The van der Waals surface area contributed by atoms with Gasteiger partial charge in [0.05, 0.1) is 0 Å². The predicted molar refractivity (Wildman–Crippen MR) is 68.5 cm³/mol. The summed E-state index contributed by atoms with van der Waals surface area (Å²) in [7, 11) is 0. The topological polar surface area (TPSA) is 43.1 Å². The van der Waals surface area contributed by atoms with E-state index in [0.29, 0.717) is 11.3 Å². The lowest BCUT2D eigenvalue weighted by Crippen LogP contribution is -1.95. The van der Waals surface area contributed by atoms with Crippen molar-refractivity contribution in [1.29, 1.82) is 0 Å². The summed E-state index contributed by atoms with van der Waals surface area (Å²) in [4.78, 5) is 11.7. The van der Waals surface area contributed by atoms with Crippen LogP contribution in [0.15, 0.2) is 54.6 Å². The first-order valence-corrected chi connectivity index (χ1v) is 5.22. The number of anilines is 1. The van der Waals surface area contributed by atoms with E-state index in [0.717, 1.165) is 5.56 Å². The molecule has 0 spiro atoms. The molecule has 2 rings (SSSR count). The number of carbonyl (C=O) groups is 1. The summed E-state index contributed by atoms with van der Waals surface area (Å²) in [6.07, 6.45) is 0. The van der Waals surface area contributed by atoms with E-state index in [4.69, 9.17) is 5.73 Å². The molecule has 17 heavy (non-hydrogen) atoms. The molecule has 0 aliphatic heterocycles. The molecule has 2 heteroatoms. The fourth-order valence-electron chi connectivity index (χ4n) is 1.36. The van der Waals surface area contributed by atoms with Crippen molar-refractivity contribution in [2.75, 3.05) is 5.73 Å². The van der Waals surface area contributed by atoms with Gasteiger partial charge in [-0.1, -0.05) is 24.1 Å². The van der Waals surface area contributed by atoms with Crippen LogP contribution in [0.25, 0.3) is 0 Å². The molecule has 0 fully saturated rings. The molecule has 0 radical (unpaired) electrons. The molecule has 0 heterocycles. The van der Waals surface area contributed by atoms with E-state index in [2.05, 4.69) is 11.8 Å². The van der Waals surface area contributed by atoms with E-state index in [9.17, 15) is 4.79 Å². The van der Waals surface area contributed by atoms with Crippen molar-refractivity contribution in [3.8, 4) is 11.8 Å². The van der Waals surface area contributed by atoms with Gasteiger partial charge in [0.25, 0.3) is 0 Å². The molecule has 0 aliphatic rings. The number of Topliss-reactive ketones (excluding diaryl/α,β-unsaturated/α-hetero) is 1. The summed E-state index contributed by atoms with van der Waals surface area (Å²) >= 11 is 0. The van der Waals surface area contributed by atoms with Gasteiger partial charge in [-0.2, -0.15) is 0 Å². The summed E-state index contributed by atoms with van der Waals surface area (Å²) < 4.78 is 0. The fraction of sp³-hybridized carbons (Fsp3) is 0. The average Bonchev–Trinajstić information content (AvgIpc) is 2.38. The number of carbonyl (C=O) groups excluding carboxylic acids is 1. The van der Waals surface area contributed by atoms with Crippen molar-refractivity contribution in [2.24, 2.45) is 0 Å². The van der Waals surface area contributed by atoms with Crippen molar-refractivity contribution >= 4 is 11.5 Å². The van der Waals surface area contributed by atoms with Gasteiger partial charge in [0, 0.05) is 16.8 Å². The van der Waals surface area contributed by atoms with Crippen LogP contribution in [0.5, 0.6) is 0 Å². The normalized spacial score (nSPS) is 9.18. The Bertz CT molecular complexity index is 574. The average molecular weight is 221 g/mol. The zero-order chi connectivity index (χ0) is 12.1. The molecule has 0 unspecified atom stereocenters. The fourth-order valence-corrected chi connectivity index (χ4v) is 1.36. The van der Waals surface area contributed by atoms with Crippen LogP contribution in [-0.2, 0) is 0 Å². The standard InChI is InChI=1S/C15H11NO/c16-14-9-7-13(8-10-14)15(17)11-6-12-4-2-1-3-5-12/h1-5,7-10H,16H2. The summed E-state index contributed by atoms with van der Waals surface area (Å²) in [5.41, 5.74) is 7.57. The lowest BCUT2D eigenvalue weighted by Gasteiger charge is -1.94. The monoisotopic (exact) mass is 221 g/mol. The maximum atomic E-state index is 11.7. The predicted octanol–water partition coefficient (Wildman–Crippen LogP) is 2.50. The number of nitrogens with two attached hydrogens (primary N) is 1. The molecule has 2 aromatic rings. The van der Waals surface area contributed by atoms with Gasteiger partial charge >= 0.3 is 0 Å². The van der Waals surface area contributed by atoms with Gasteiger partial charge in [-0.15, -0.1) is 0 Å². The quantitative estimate of drug-likeness (QED) is 0.457. The first kappa shape index (κ1) is 11.0. The van der Waals surface area contributed by atoms with Gasteiger partial charge in [-0.25, -0.2) is 0 Å². The Morgan fingerprint density at radius 1 is 0.941 bits per heavy atom. The second kappa shape index (κ2) is 5.00. The molecular weight excluding hydrogens is 210 g/mol. The molecule has 0 atom stereocenters. The maximum Gasteiger partial charge on any atom is 0.236 e. The Morgan fingerprint density at radius 3 is 2.24 bits per heavy atom. The van der Waals surface area contributed by atoms with Crippen LogP contribution < -0.4 is 5.73 Å². The lowest BCUT2D eigenvalue weighted by atomic mass is 10.1. The third-order valence-corrected chi connectivity index (χ3v) is 2.27. The van der Waals surface area contributed by atoms with Gasteiger partial charge in [-0.3, -0.25) is 4.79 Å². The summed E-state index contributed by atoms with van der Waals surface area (Å²) in [6.45, 7) is 0. The van der Waals surface area contributed by atoms with E-state index in [1.165, 1.54) is 0 Å². The molecule has 82 valence electrons. The third-order valence-electron chi connectivity index (χ3n) is 2.27. The largest absolute Gasteiger partial charge is 0.399 e. The van der Waals surface area contributed by atoms with Crippen LogP contribution in [0.2, 0.25) is 0 Å². The van der Waals surface area contributed by atoms with Crippen LogP contribution in [0.4, 0.5) is 5.69 Å². The van der Waals surface area contributed by atoms with Crippen molar-refractivity contribution in [1.82, 2.24) is 0 Å². The van der Waals surface area contributed by atoms with Crippen LogP contribution in [0.3, 0.4) is 0 Å². The minimum absolute atomic E-state index is 0.200. The van der Waals surface area contributed by atoms with E-state index < -0.39 is 0 Å². The van der Waals surface area contributed by atoms with Crippen LogP contribution in [0, 0.1) is 11.8 Å². The van der Waals surface area contributed by atoms with E-state index in [1.54, 1.807) is 24.3 Å². The number of rotatable bonds is 1. The van der Waals surface area contributed by atoms with Gasteiger partial charge in [0.15, 0.2) is 0 Å². The highest BCUT2D eigenvalue weighted by atomic mass is 16.1. The Labute approximate surface area is 100 Å². The highest BCUT2D eigenvalue weighted by Gasteiger charge is 2.00. The van der Waals surface area contributed by atoms with E-state index in [-0.39, 0.29) is 5.78 Å². The Hall–Kier alpha value is -2.53. The smallest absolute Gasteiger partial charge is 0.236 e. The molecule has 0 bridgehead atoms. The molecule has 0 aromatic heterocycles. The van der Waals surface area contributed by atoms with Crippen molar-refractivity contribution < 1.29 is 4.79 Å². The van der Waals surface area contributed by atoms with Gasteiger partial charge < -0.3 is 5.73 Å². The van der Waals surface area contributed by atoms with Gasteiger partial charge in [0.1, 0.15) is 0 Å². The summed E-state index contributed by atoms with van der Waals surface area (Å²) in [6, 6.07) is 16.2. The van der Waals surface area contributed by atoms with E-state index >= 15 is 0 Å². The SMILES string of the molecule is Nc1ccc(C(=O)C#Cc2ccccc2)cc1. The zero-order valence-corrected chi connectivity index (χ0v) is 9.18. The molecule has 0 aliphatic carbocycles. The Morgan fingerprint density at radius 2 is 1.59 bits per heavy atom. The Balaban J connectivity index is 2.18. The van der Waals surface area contributed by atoms with Gasteiger partial charge in [0.2, 0.25) is 5.78 Å². The van der Waals surface area contributed by atoms with E-state index in [1.807, 2.05) is 30.3 Å². The highest BCUT2D eigenvalue weighted by molar-refractivity contribution is 6.09. The zero-order valence-electron chi connectivity index (χ0n) is 9.18. The molecular formula is C15H11NO. The van der Waals surface area contributed by atoms with Crippen molar-refractivity contribution in [2.45, 2.75) is 0 Å². The minimum atomic E-state index is -0.200. The second-order valence-corrected chi connectivity index (χ2v) is 3.57. The minimum Gasteiger partial charge on any atom is -0.399 e. The van der Waals surface area contributed by atoms with Crippen LogP contribution in [0.1, 0.15) is 15.9 Å². The molecule has 0 amide bonds. The number of benzene rings is 2. The Kier molecular flexibility index (Phi) is 3.23. The van der Waals surface area contributed by atoms with Crippen molar-refractivity contribution in [3.05, 3.63) is 65.7 Å². The first-order chi connectivity index (χ1) is 8.25.